The molecule has 26 heavy (non-hydrogen) atoms. The molecule has 3 N–H and O–H groups in total. The molecule has 0 saturated carbocycles. The van der Waals surface area contributed by atoms with Gasteiger partial charge in [0.05, 0.1) is 4.91 Å². The molecule has 9 nitrogen and oxygen atoms in total. The first kappa shape index (κ1) is 21.8. The third-order valence-corrected chi connectivity index (χ3v) is 4.68. The minimum atomic E-state index is -3.90. The van der Waals surface area contributed by atoms with Crippen molar-refractivity contribution in [2.45, 2.75) is 50.5 Å². The Bertz CT molecular complexity index is 728. The number of ether oxygens (including phenoxy) is 1. The van der Waals surface area contributed by atoms with Gasteiger partial charge in [-0.3, -0.25) is 0 Å². The summed E-state index contributed by atoms with van der Waals surface area (Å²) in [5.41, 5.74) is -0.894. The fourth-order valence-electron chi connectivity index (χ4n) is 2.06. The quantitative estimate of drug-likeness (QED) is 0.441. The minimum Gasteiger partial charge on any atom is -0.444 e. The molecule has 0 atom stereocenters. The number of nitrogens with zero attached hydrogens (tertiary/aromatic N) is 1. The van der Waals surface area contributed by atoms with Crippen LogP contribution in [0.25, 0.3) is 0 Å². The van der Waals surface area contributed by atoms with Gasteiger partial charge in [-0.15, -0.1) is 0 Å². The topological polar surface area (TPSA) is 125 Å². The number of hydrogen-bond acceptors (Lipinski definition) is 5. The van der Waals surface area contributed by atoms with Crippen molar-refractivity contribution in [3.8, 4) is 0 Å². The summed E-state index contributed by atoms with van der Waals surface area (Å²) in [5, 5.41) is 11.6. The largest absolute Gasteiger partial charge is 0.444 e. The van der Waals surface area contributed by atoms with E-state index in [1.165, 1.54) is 24.3 Å². The fraction of sp³-hybridized carbons (Fsp3) is 0.562. The first-order valence-corrected chi connectivity index (χ1v) is 9.73. The Balaban J connectivity index is 2.34. The number of rotatable bonds is 9. The van der Waals surface area contributed by atoms with Crippen molar-refractivity contribution in [3.05, 3.63) is 29.2 Å². The molecule has 1 amide bonds. The Labute approximate surface area is 153 Å². The van der Waals surface area contributed by atoms with Crippen molar-refractivity contribution < 1.29 is 28.1 Å². The van der Waals surface area contributed by atoms with Gasteiger partial charge in [-0.05, 0) is 39.7 Å². The van der Waals surface area contributed by atoms with E-state index < -0.39 is 26.6 Å². The zero-order valence-corrected chi connectivity index (χ0v) is 16.0. The third kappa shape index (κ3) is 7.79. The first-order valence-electron chi connectivity index (χ1n) is 8.24. The van der Waals surface area contributed by atoms with Crippen LogP contribution in [0.3, 0.4) is 0 Å². The van der Waals surface area contributed by atoms with Crippen LogP contribution < -0.4 is 10.0 Å². The summed E-state index contributed by atoms with van der Waals surface area (Å²) >= 11 is 0. The number of hydrogen-bond donors (Lipinski definition) is 3. The van der Waals surface area contributed by atoms with Crippen molar-refractivity contribution in [1.29, 1.82) is 0 Å². The Morgan fingerprint density at radius 1 is 1.15 bits per heavy atom. The summed E-state index contributed by atoms with van der Waals surface area (Å²) in [6.07, 6.45) is 1.43. The molecule has 1 rings (SSSR count). The monoisotopic (exact) mass is 388 g/mol. The lowest BCUT2D eigenvalue weighted by Crippen LogP contribution is -2.33. The molecule has 10 heteroatoms. The van der Waals surface area contributed by atoms with Crippen LogP contribution in [0.5, 0.6) is 0 Å². The Hall–Kier alpha value is -2.20. The van der Waals surface area contributed by atoms with Crippen molar-refractivity contribution in [3.63, 3.8) is 0 Å². The molecule has 0 aliphatic heterocycles. The maximum Gasteiger partial charge on any atom is 0.407 e. The molecule has 0 bridgehead atoms. The summed E-state index contributed by atoms with van der Waals surface area (Å²) in [6.45, 7) is 5.94. The van der Waals surface area contributed by atoms with Crippen molar-refractivity contribution in [2.24, 2.45) is 0 Å². The molecule has 0 radical (unpaired) electrons. The summed E-state index contributed by atoms with van der Waals surface area (Å²) in [4.78, 5) is 21.7. The second kappa shape index (κ2) is 9.48. The van der Waals surface area contributed by atoms with E-state index in [1.807, 2.05) is 0 Å². The van der Waals surface area contributed by atoms with Crippen LogP contribution in [0.4, 0.5) is 10.5 Å². The second-order valence-electron chi connectivity index (χ2n) is 6.63. The van der Waals surface area contributed by atoms with Gasteiger partial charge in [0.2, 0.25) is 10.0 Å². The molecule has 1 aromatic carbocycles. The zero-order chi connectivity index (χ0) is 19.8. The van der Waals surface area contributed by atoms with Crippen LogP contribution in [-0.4, -0.2) is 43.3 Å². The van der Waals surface area contributed by atoms with E-state index in [2.05, 4.69) is 10.0 Å². The Morgan fingerprint density at radius 3 is 2.38 bits per heavy atom. The van der Waals surface area contributed by atoms with Crippen LogP contribution in [0.2, 0.25) is 0 Å². The lowest BCUT2D eigenvalue weighted by atomic mass is 10.2. The smallest absolute Gasteiger partial charge is 0.407 e. The molecular weight excluding hydrogens is 362 g/mol. The van der Waals surface area contributed by atoms with Crippen LogP contribution in [0, 0.1) is 4.91 Å². The second-order valence-corrected chi connectivity index (χ2v) is 8.36. The number of unbranched alkanes of at least 4 members (excludes halogenated alkanes) is 2. The summed E-state index contributed by atoms with van der Waals surface area (Å²) in [6, 6.07) is 5.37. The van der Waals surface area contributed by atoms with E-state index in [4.69, 9.17) is 9.94 Å². The fourth-order valence-corrected chi connectivity index (χ4v) is 3.31. The van der Waals surface area contributed by atoms with Crippen LogP contribution in [0.15, 0.2) is 29.2 Å². The SMILES string of the molecule is CC(C)(C)OC(=O)NCCCCCNS(=O)(=O)c1ccccc1[N+](=O)O. The molecule has 146 valence electrons. The van der Waals surface area contributed by atoms with E-state index in [-0.39, 0.29) is 17.1 Å². The maximum absolute atomic E-state index is 12.2. The lowest BCUT2D eigenvalue weighted by molar-refractivity contribution is -0.731. The number of carbonyl (C=O) groups excluding carboxylic acids is 1. The molecular formula is C16H26N3O6S+. The van der Waals surface area contributed by atoms with Gasteiger partial charge in [0.15, 0.2) is 4.90 Å². The number of carbonyl (C=O) groups is 1. The van der Waals surface area contributed by atoms with Gasteiger partial charge >= 0.3 is 11.8 Å². The number of amides is 1. The van der Waals surface area contributed by atoms with Crippen LogP contribution >= 0.6 is 0 Å². The Kier molecular flexibility index (Phi) is 7.97. The Morgan fingerprint density at radius 2 is 1.77 bits per heavy atom. The summed E-state index contributed by atoms with van der Waals surface area (Å²) < 4.78 is 31.9. The molecule has 0 saturated heterocycles. The van der Waals surface area contributed by atoms with Gasteiger partial charge in [0, 0.05) is 19.2 Å². The van der Waals surface area contributed by atoms with Gasteiger partial charge < -0.3 is 10.1 Å². The predicted octanol–water partition coefficient (Wildman–Crippen LogP) is 2.46. The van der Waals surface area contributed by atoms with Crippen molar-refractivity contribution >= 4 is 21.8 Å². The van der Waals surface area contributed by atoms with E-state index in [0.717, 1.165) is 0 Å². The highest BCUT2D eigenvalue weighted by Gasteiger charge is 2.27. The molecule has 0 spiro atoms. The van der Waals surface area contributed by atoms with Gasteiger partial charge in [0.1, 0.15) is 5.60 Å². The normalized spacial score (nSPS) is 11.8. The molecule has 0 aliphatic carbocycles. The summed E-state index contributed by atoms with van der Waals surface area (Å²) in [5.74, 6) is 0. The minimum absolute atomic E-state index is 0.174. The van der Waals surface area contributed by atoms with Gasteiger partial charge in [-0.1, -0.05) is 18.6 Å². The standard InChI is InChI=1S/C16H25N3O6S/c1-16(2,3)25-15(20)17-11-7-4-8-12-18-26(23,24)14-10-6-5-9-13(14)19(21)22/h5-6,9-10,18H,4,7-8,11-12H2,1-3H3,(H-,17,20,21,22)/p+1. The molecule has 0 heterocycles. The average molecular weight is 388 g/mol. The maximum atomic E-state index is 12.2. The van der Waals surface area contributed by atoms with E-state index in [1.54, 1.807) is 20.8 Å². The molecule has 1 aromatic rings. The number of nitrogens with one attached hydrogen (secondary N) is 2. The number of para-hydroxylation sites is 1. The number of benzene rings is 1. The highest BCUT2D eigenvalue weighted by molar-refractivity contribution is 7.89. The summed E-state index contributed by atoms with van der Waals surface area (Å²) in [7, 11) is -3.90. The predicted molar refractivity (Wildman–Crippen MR) is 94.8 cm³/mol. The van der Waals surface area contributed by atoms with Gasteiger partial charge in [-0.2, -0.15) is 0 Å². The number of alkyl carbamates (subject to hydrolysis) is 1. The van der Waals surface area contributed by atoms with E-state index >= 15 is 0 Å². The third-order valence-electron chi connectivity index (χ3n) is 3.17. The van der Waals surface area contributed by atoms with Gasteiger partial charge in [0.25, 0.3) is 4.92 Å². The number of sulfonamides is 1. The zero-order valence-electron chi connectivity index (χ0n) is 15.2. The van der Waals surface area contributed by atoms with E-state index in [0.29, 0.717) is 25.8 Å². The lowest BCUT2D eigenvalue weighted by Gasteiger charge is -2.19. The highest BCUT2D eigenvalue weighted by atomic mass is 32.2. The molecule has 0 aliphatic rings. The average Bonchev–Trinajstić information content (AvgIpc) is 2.52. The van der Waals surface area contributed by atoms with Crippen LogP contribution in [0.1, 0.15) is 40.0 Å². The molecule has 0 aromatic heterocycles. The first-order chi connectivity index (χ1) is 12.0. The highest BCUT2D eigenvalue weighted by Crippen LogP contribution is 2.22. The van der Waals surface area contributed by atoms with Crippen molar-refractivity contribution in [2.75, 3.05) is 13.1 Å². The molecule has 0 fully saturated rings. The van der Waals surface area contributed by atoms with E-state index in [9.17, 15) is 18.1 Å². The molecule has 0 unspecified atom stereocenters. The van der Waals surface area contributed by atoms with Crippen LogP contribution in [-0.2, 0) is 14.8 Å². The van der Waals surface area contributed by atoms with Gasteiger partial charge in [-0.25, -0.2) is 23.1 Å². The van der Waals surface area contributed by atoms with Crippen molar-refractivity contribution in [1.82, 2.24) is 10.0 Å².